The van der Waals surface area contributed by atoms with Crippen molar-refractivity contribution in [2.75, 3.05) is 20.2 Å². The first-order valence-electron chi connectivity index (χ1n) is 12.3. The number of methoxy groups -OCH3 is 1. The number of primary amides is 1. The number of ether oxygens (including phenoxy) is 2. The fourth-order valence-electron chi connectivity index (χ4n) is 4.09. The highest BCUT2D eigenvalue weighted by Crippen LogP contribution is 2.34. The van der Waals surface area contributed by atoms with Crippen LogP contribution in [0.5, 0.6) is 17.2 Å². The van der Waals surface area contributed by atoms with Crippen LogP contribution in [0, 0.1) is 0 Å². The molecular formula is C27H30N6O5. The molecule has 2 aromatic heterocycles. The van der Waals surface area contributed by atoms with Crippen molar-refractivity contribution in [3.8, 4) is 17.2 Å². The first kappa shape index (κ1) is 26.3. The molecule has 4 amide bonds. The molecule has 2 aromatic carbocycles. The second-order valence-electron chi connectivity index (χ2n) is 8.55. The lowest BCUT2D eigenvalue weighted by Crippen LogP contribution is -2.48. The molecule has 11 heteroatoms. The number of hydrogen-bond acceptors (Lipinski definition) is 6. The number of carbonyl (C=O) groups is 3. The molecule has 0 spiro atoms. The van der Waals surface area contributed by atoms with Gasteiger partial charge in [0.2, 0.25) is 0 Å². The first-order valence-corrected chi connectivity index (χ1v) is 12.3. The van der Waals surface area contributed by atoms with Crippen LogP contribution in [0.4, 0.5) is 9.59 Å². The van der Waals surface area contributed by atoms with Crippen molar-refractivity contribution in [1.29, 1.82) is 0 Å². The minimum Gasteiger partial charge on any atom is -0.496 e. The lowest BCUT2D eigenvalue weighted by atomic mass is 10.1. The van der Waals surface area contributed by atoms with E-state index in [0.717, 1.165) is 22.3 Å². The zero-order valence-electron chi connectivity index (χ0n) is 21.5. The van der Waals surface area contributed by atoms with E-state index in [4.69, 9.17) is 15.2 Å². The number of nitrogens with zero attached hydrogens (tertiary/aromatic N) is 3. The zero-order valence-corrected chi connectivity index (χ0v) is 21.5. The Hall–Kier alpha value is -4.80. The molecule has 198 valence electrons. The molecular weight excluding hydrogens is 488 g/mol. The SMILES string of the molecule is CCCNC(=O)n1ccc2cc(Oc3ccnc4cc(OC)c(C(=O)N(CCC)NC(N)=O)cc34)ccc21. The molecule has 0 unspecified atom stereocenters. The number of amides is 4. The maximum atomic E-state index is 13.3. The van der Waals surface area contributed by atoms with E-state index in [9.17, 15) is 14.4 Å². The largest absolute Gasteiger partial charge is 0.496 e. The lowest BCUT2D eigenvalue weighted by molar-refractivity contribution is 0.0683. The average molecular weight is 519 g/mol. The number of urea groups is 1. The molecule has 0 saturated heterocycles. The van der Waals surface area contributed by atoms with Gasteiger partial charge in [0, 0.05) is 42.3 Å². The van der Waals surface area contributed by atoms with Crippen LogP contribution in [0.1, 0.15) is 37.0 Å². The van der Waals surface area contributed by atoms with Crippen molar-refractivity contribution in [3.63, 3.8) is 0 Å². The van der Waals surface area contributed by atoms with Crippen LogP contribution in [0.2, 0.25) is 0 Å². The number of nitrogens with one attached hydrogen (secondary N) is 2. The van der Waals surface area contributed by atoms with Crippen molar-refractivity contribution >= 4 is 39.8 Å². The summed E-state index contributed by atoms with van der Waals surface area (Å²) in [6.07, 6.45) is 4.76. The van der Waals surface area contributed by atoms with Gasteiger partial charge in [-0.05, 0) is 49.2 Å². The highest BCUT2D eigenvalue weighted by atomic mass is 16.5. The summed E-state index contributed by atoms with van der Waals surface area (Å²) >= 11 is 0. The molecule has 0 fully saturated rings. The van der Waals surface area contributed by atoms with Gasteiger partial charge in [-0.15, -0.1) is 0 Å². The van der Waals surface area contributed by atoms with Crippen molar-refractivity contribution < 1.29 is 23.9 Å². The van der Waals surface area contributed by atoms with E-state index < -0.39 is 11.9 Å². The molecule has 0 atom stereocenters. The molecule has 0 saturated carbocycles. The summed E-state index contributed by atoms with van der Waals surface area (Å²) in [7, 11) is 1.45. The second-order valence-corrected chi connectivity index (χ2v) is 8.55. The van der Waals surface area contributed by atoms with E-state index >= 15 is 0 Å². The molecule has 0 bridgehead atoms. The number of carbonyl (C=O) groups excluding carboxylic acids is 3. The Bertz CT molecular complexity index is 1500. The Kier molecular flexibility index (Phi) is 7.95. The van der Waals surface area contributed by atoms with E-state index in [2.05, 4.69) is 15.7 Å². The lowest BCUT2D eigenvalue weighted by Gasteiger charge is -2.23. The summed E-state index contributed by atoms with van der Waals surface area (Å²) in [6.45, 7) is 4.72. The number of pyridine rings is 1. The third-order valence-electron chi connectivity index (χ3n) is 5.83. The summed E-state index contributed by atoms with van der Waals surface area (Å²) in [4.78, 5) is 41.6. The van der Waals surface area contributed by atoms with E-state index in [1.807, 2.05) is 32.0 Å². The summed E-state index contributed by atoms with van der Waals surface area (Å²) in [5.74, 6) is 0.825. The summed E-state index contributed by atoms with van der Waals surface area (Å²) < 4.78 is 13.2. The number of rotatable bonds is 8. The number of nitrogens with two attached hydrogens (primary N) is 1. The first-order chi connectivity index (χ1) is 18.4. The van der Waals surface area contributed by atoms with Crippen molar-refractivity contribution in [1.82, 2.24) is 25.3 Å². The highest BCUT2D eigenvalue weighted by molar-refractivity contribution is 6.02. The second kappa shape index (κ2) is 11.5. The van der Waals surface area contributed by atoms with Crippen LogP contribution in [-0.4, -0.2) is 52.7 Å². The molecule has 4 aromatic rings. The van der Waals surface area contributed by atoms with Crippen LogP contribution in [0.25, 0.3) is 21.8 Å². The zero-order chi connectivity index (χ0) is 27.2. The Labute approximate surface area is 219 Å². The topological polar surface area (TPSA) is 141 Å². The maximum absolute atomic E-state index is 13.3. The van der Waals surface area contributed by atoms with Crippen molar-refractivity contribution in [2.45, 2.75) is 26.7 Å². The molecule has 38 heavy (non-hydrogen) atoms. The molecule has 0 radical (unpaired) electrons. The molecule has 2 heterocycles. The Balaban J connectivity index is 1.69. The monoisotopic (exact) mass is 518 g/mol. The number of fused-ring (bicyclic) bond motifs is 2. The van der Waals surface area contributed by atoms with Gasteiger partial charge in [0.25, 0.3) is 5.91 Å². The predicted molar refractivity (Wildman–Crippen MR) is 143 cm³/mol. The van der Waals surface area contributed by atoms with Gasteiger partial charge in [-0.3, -0.25) is 14.3 Å². The number of aromatic nitrogens is 2. The summed E-state index contributed by atoms with van der Waals surface area (Å²) in [5.41, 5.74) is 9.14. The molecule has 11 nitrogen and oxygen atoms in total. The van der Waals surface area contributed by atoms with Crippen molar-refractivity contribution in [3.05, 3.63) is 60.4 Å². The standard InChI is InChI=1S/C27H30N6O5/c1-4-10-30-27(36)32-13-9-17-14-18(6-7-22(17)32)38-23-8-11-29-21-16-24(37-3)20(15-19(21)23)25(34)33(12-5-2)31-26(28)35/h6-9,11,13-16H,4-5,10,12H2,1-3H3,(H,30,36)(H3,28,31,35). The van der Waals surface area contributed by atoms with Crippen molar-refractivity contribution in [2.24, 2.45) is 5.73 Å². The fraction of sp³-hybridized carbons (Fsp3) is 0.259. The van der Waals surface area contributed by atoms with E-state index in [0.29, 0.717) is 41.1 Å². The molecule has 0 aliphatic carbocycles. The smallest absolute Gasteiger partial charge is 0.331 e. The molecule has 4 rings (SSSR count). The van der Waals surface area contributed by atoms with Gasteiger partial charge in [0.05, 0.1) is 23.7 Å². The molecule has 4 N–H and O–H groups in total. The minimum absolute atomic E-state index is 0.190. The third kappa shape index (κ3) is 5.46. The van der Waals surface area contributed by atoms with E-state index in [1.54, 1.807) is 41.2 Å². The van der Waals surface area contributed by atoms with Crippen LogP contribution < -0.4 is 25.9 Å². The predicted octanol–water partition coefficient (Wildman–Crippen LogP) is 4.39. The van der Waals surface area contributed by atoms with Gasteiger partial charge in [-0.25, -0.2) is 20.0 Å². The Morgan fingerprint density at radius 2 is 1.87 bits per heavy atom. The fourth-order valence-corrected chi connectivity index (χ4v) is 4.09. The maximum Gasteiger partial charge on any atom is 0.331 e. The van der Waals surface area contributed by atoms with Gasteiger partial charge in [0.1, 0.15) is 17.2 Å². The van der Waals surface area contributed by atoms with E-state index in [-0.39, 0.29) is 18.1 Å². The molecule has 0 aliphatic heterocycles. The van der Waals surface area contributed by atoms with Crippen LogP contribution in [0.3, 0.4) is 0 Å². The third-order valence-corrected chi connectivity index (χ3v) is 5.83. The van der Waals surface area contributed by atoms with Crippen LogP contribution in [-0.2, 0) is 0 Å². The van der Waals surface area contributed by atoms with Crippen LogP contribution >= 0.6 is 0 Å². The normalized spacial score (nSPS) is 10.8. The quantitative estimate of drug-likeness (QED) is 0.295. The average Bonchev–Trinajstić information content (AvgIpc) is 3.33. The molecule has 0 aliphatic rings. The van der Waals surface area contributed by atoms with Gasteiger partial charge >= 0.3 is 12.1 Å². The number of hydrazine groups is 1. The van der Waals surface area contributed by atoms with E-state index in [1.165, 1.54) is 7.11 Å². The summed E-state index contributed by atoms with van der Waals surface area (Å²) in [5, 5.41) is 5.42. The number of hydrogen-bond donors (Lipinski definition) is 3. The summed E-state index contributed by atoms with van der Waals surface area (Å²) in [6, 6.07) is 11.2. The highest BCUT2D eigenvalue weighted by Gasteiger charge is 2.22. The van der Waals surface area contributed by atoms with Gasteiger partial charge in [0.15, 0.2) is 0 Å². The van der Waals surface area contributed by atoms with Gasteiger partial charge in [-0.1, -0.05) is 13.8 Å². The Morgan fingerprint density at radius 1 is 1.05 bits per heavy atom. The minimum atomic E-state index is -0.843. The number of benzene rings is 2. The van der Waals surface area contributed by atoms with Gasteiger partial charge < -0.3 is 20.5 Å². The van der Waals surface area contributed by atoms with Gasteiger partial charge in [-0.2, -0.15) is 0 Å². The Morgan fingerprint density at radius 3 is 2.58 bits per heavy atom. The van der Waals surface area contributed by atoms with Crippen LogP contribution in [0.15, 0.2) is 54.9 Å².